The molecule has 4 nitrogen and oxygen atoms in total. The van der Waals surface area contributed by atoms with E-state index in [0.29, 0.717) is 6.42 Å². The Bertz CT molecular complexity index is 420. The van der Waals surface area contributed by atoms with Crippen molar-refractivity contribution in [2.45, 2.75) is 44.7 Å². The van der Waals surface area contributed by atoms with E-state index in [9.17, 15) is 4.79 Å². The van der Waals surface area contributed by atoms with Crippen molar-refractivity contribution in [3.05, 3.63) is 16.4 Å². The number of aromatic nitrogens is 2. The molecule has 0 spiro atoms. The van der Waals surface area contributed by atoms with Gasteiger partial charge >= 0.3 is 5.97 Å². The summed E-state index contributed by atoms with van der Waals surface area (Å²) in [5.74, 6) is 0.576. The van der Waals surface area contributed by atoms with Crippen LogP contribution in [-0.4, -0.2) is 28.1 Å². The average Bonchev–Trinajstić information content (AvgIpc) is 2.62. The van der Waals surface area contributed by atoms with Crippen LogP contribution in [0.15, 0.2) is 0 Å². The highest BCUT2D eigenvalue weighted by atomic mass is 35.5. The van der Waals surface area contributed by atoms with Gasteiger partial charge < -0.3 is 4.74 Å². The van der Waals surface area contributed by atoms with E-state index in [1.54, 1.807) is 11.8 Å². The Hall–Kier alpha value is -0.680. The minimum atomic E-state index is -0.179. The van der Waals surface area contributed by atoms with Crippen LogP contribution in [0.3, 0.4) is 0 Å². The molecular formula is C12H19ClN2O2S. The molecule has 0 aliphatic heterocycles. The Kier molecular flexibility index (Phi) is 6.02. The Labute approximate surface area is 117 Å². The van der Waals surface area contributed by atoms with Crippen molar-refractivity contribution in [2.75, 3.05) is 7.11 Å². The molecule has 0 bridgehead atoms. The number of hydrogen-bond donors (Lipinski definition) is 0. The zero-order chi connectivity index (χ0) is 13.7. The van der Waals surface area contributed by atoms with Crippen molar-refractivity contribution in [2.24, 2.45) is 0 Å². The first kappa shape index (κ1) is 15.4. The minimum absolute atomic E-state index is 0.179. The summed E-state index contributed by atoms with van der Waals surface area (Å²) in [6.07, 6.45) is 0.415. The number of nitrogens with zero attached hydrogens (tertiary/aromatic N) is 2. The van der Waals surface area contributed by atoms with Crippen LogP contribution in [0.4, 0.5) is 0 Å². The van der Waals surface area contributed by atoms with Crippen LogP contribution in [0.1, 0.15) is 31.7 Å². The molecule has 1 rings (SSSR count). The molecule has 102 valence electrons. The van der Waals surface area contributed by atoms with Crippen molar-refractivity contribution in [3.63, 3.8) is 0 Å². The normalized spacial score (nSPS) is 12.5. The smallest absolute Gasteiger partial charge is 0.306 e. The van der Waals surface area contributed by atoms with Crippen LogP contribution in [0.25, 0.3) is 0 Å². The Morgan fingerprint density at radius 2 is 2.28 bits per heavy atom. The van der Waals surface area contributed by atoms with E-state index >= 15 is 0 Å². The lowest BCUT2D eigenvalue weighted by Crippen LogP contribution is -2.09. The number of thioether (sulfide) groups is 1. The number of carbonyl (C=O) groups excluding carboxylic acids is 1. The second-order valence-corrected chi connectivity index (χ2v) is 5.87. The third kappa shape index (κ3) is 3.92. The number of methoxy groups -OCH3 is 1. The summed E-state index contributed by atoms with van der Waals surface area (Å²) in [6, 6.07) is 0. The number of carbonyl (C=O) groups is 1. The first-order valence-electron chi connectivity index (χ1n) is 5.89. The number of esters is 1. The molecule has 1 aromatic heterocycles. The van der Waals surface area contributed by atoms with Crippen molar-refractivity contribution in [3.8, 4) is 0 Å². The van der Waals surface area contributed by atoms with Gasteiger partial charge in [-0.05, 0) is 13.8 Å². The van der Waals surface area contributed by atoms with Crippen molar-refractivity contribution >= 4 is 29.3 Å². The number of hydrogen-bond acceptors (Lipinski definition) is 4. The second-order valence-electron chi connectivity index (χ2n) is 4.06. The summed E-state index contributed by atoms with van der Waals surface area (Å²) in [5.41, 5.74) is 1.88. The number of ether oxygens (including phenoxy) is 1. The van der Waals surface area contributed by atoms with E-state index in [1.165, 1.54) is 7.11 Å². The molecule has 1 aromatic rings. The van der Waals surface area contributed by atoms with Gasteiger partial charge in [0, 0.05) is 17.5 Å². The van der Waals surface area contributed by atoms with Gasteiger partial charge in [0.2, 0.25) is 0 Å². The van der Waals surface area contributed by atoms with E-state index in [0.717, 1.165) is 28.7 Å². The van der Waals surface area contributed by atoms with Crippen LogP contribution in [0.2, 0.25) is 5.02 Å². The second kappa shape index (κ2) is 7.04. The Balaban J connectivity index is 2.60. The standard InChI is InChI=1S/C12H19ClN2O2S/c1-5-15-10(12(13)9(3)14-15)7-18-8(2)6-11(16)17-4/h8H,5-7H2,1-4H3. The van der Waals surface area contributed by atoms with Crippen LogP contribution in [0.5, 0.6) is 0 Å². The molecule has 0 aromatic carbocycles. The van der Waals surface area contributed by atoms with Crippen molar-refractivity contribution in [1.82, 2.24) is 9.78 Å². The molecule has 0 saturated carbocycles. The fraction of sp³-hybridized carbons (Fsp3) is 0.667. The summed E-state index contributed by atoms with van der Waals surface area (Å²) in [7, 11) is 1.41. The van der Waals surface area contributed by atoms with Gasteiger partial charge in [0.25, 0.3) is 0 Å². The van der Waals surface area contributed by atoms with E-state index in [2.05, 4.69) is 9.84 Å². The maximum Gasteiger partial charge on any atom is 0.306 e. The van der Waals surface area contributed by atoms with Gasteiger partial charge in [-0.3, -0.25) is 9.48 Å². The maximum absolute atomic E-state index is 11.1. The van der Waals surface area contributed by atoms with E-state index in [-0.39, 0.29) is 11.2 Å². The fourth-order valence-electron chi connectivity index (χ4n) is 1.61. The molecule has 0 radical (unpaired) electrons. The van der Waals surface area contributed by atoms with Crippen LogP contribution in [-0.2, 0) is 21.8 Å². The highest BCUT2D eigenvalue weighted by Crippen LogP contribution is 2.27. The molecule has 1 unspecified atom stereocenters. The average molecular weight is 291 g/mol. The maximum atomic E-state index is 11.1. The molecule has 0 aliphatic rings. The molecule has 18 heavy (non-hydrogen) atoms. The minimum Gasteiger partial charge on any atom is -0.469 e. The summed E-state index contributed by atoms with van der Waals surface area (Å²) < 4.78 is 6.56. The molecule has 6 heteroatoms. The lowest BCUT2D eigenvalue weighted by Gasteiger charge is -2.10. The predicted molar refractivity (Wildman–Crippen MR) is 75.0 cm³/mol. The van der Waals surface area contributed by atoms with Gasteiger partial charge in [-0.2, -0.15) is 16.9 Å². The first-order valence-corrected chi connectivity index (χ1v) is 7.32. The molecule has 0 aliphatic carbocycles. The van der Waals surface area contributed by atoms with Gasteiger partial charge in [0.05, 0.1) is 29.9 Å². The van der Waals surface area contributed by atoms with Crippen LogP contribution < -0.4 is 0 Å². The fourth-order valence-corrected chi connectivity index (χ4v) is 2.88. The van der Waals surface area contributed by atoms with Gasteiger partial charge in [-0.15, -0.1) is 0 Å². The lowest BCUT2D eigenvalue weighted by atomic mass is 10.3. The molecular weight excluding hydrogens is 272 g/mol. The summed E-state index contributed by atoms with van der Waals surface area (Å²) in [4.78, 5) is 11.1. The molecule has 0 fully saturated rings. The van der Waals surface area contributed by atoms with Crippen LogP contribution >= 0.6 is 23.4 Å². The van der Waals surface area contributed by atoms with Crippen molar-refractivity contribution < 1.29 is 9.53 Å². The molecule has 0 amide bonds. The largest absolute Gasteiger partial charge is 0.469 e. The number of aryl methyl sites for hydroxylation is 2. The zero-order valence-electron chi connectivity index (χ0n) is 11.2. The summed E-state index contributed by atoms with van der Waals surface area (Å²) in [5, 5.41) is 5.30. The van der Waals surface area contributed by atoms with E-state index in [4.69, 9.17) is 11.6 Å². The Morgan fingerprint density at radius 3 is 2.83 bits per heavy atom. The van der Waals surface area contributed by atoms with E-state index in [1.807, 2.05) is 25.5 Å². The van der Waals surface area contributed by atoms with Crippen molar-refractivity contribution in [1.29, 1.82) is 0 Å². The molecule has 0 saturated heterocycles. The monoisotopic (exact) mass is 290 g/mol. The molecule has 0 N–H and O–H groups in total. The van der Waals surface area contributed by atoms with E-state index < -0.39 is 0 Å². The van der Waals surface area contributed by atoms with Gasteiger partial charge in [-0.1, -0.05) is 18.5 Å². The number of halogens is 1. The predicted octanol–water partition coefficient (Wildman–Crippen LogP) is 3.05. The topological polar surface area (TPSA) is 44.1 Å². The third-order valence-corrected chi connectivity index (χ3v) is 4.31. The SMILES string of the molecule is CCn1nc(C)c(Cl)c1CSC(C)CC(=O)OC. The number of rotatable bonds is 6. The summed E-state index contributed by atoms with van der Waals surface area (Å²) in [6.45, 7) is 6.75. The van der Waals surface area contributed by atoms with Gasteiger partial charge in [0.15, 0.2) is 0 Å². The quantitative estimate of drug-likeness (QED) is 0.755. The van der Waals surface area contributed by atoms with Crippen LogP contribution in [0, 0.1) is 6.92 Å². The summed E-state index contributed by atoms with van der Waals surface area (Å²) >= 11 is 7.90. The highest BCUT2D eigenvalue weighted by Gasteiger charge is 2.15. The van der Waals surface area contributed by atoms with Gasteiger partial charge in [-0.25, -0.2) is 0 Å². The third-order valence-electron chi connectivity index (χ3n) is 2.64. The lowest BCUT2D eigenvalue weighted by molar-refractivity contribution is -0.140. The zero-order valence-corrected chi connectivity index (χ0v) is 12.8. The molecule has 1 atom stereocenters. The highest BCUT2D eigenvalue weighted by molar-refractivity contribution is 7.99. The van der Waals surface area contributed by atoms with Gasteiger partial charge in [0.1, 0.15) is 0 Å². The Morgan fingerprint density at radius 1 is 1.61 bits per heavy atom. The molecule has 1 heterocycles. The first-order chi connectivity index (χ1) is 8.49.